The van der Waals surface area contributed by atoms with Crippen LogP contribution in [-0.4, -0.2) is 42.9 Å². The number of nitrogens with two attached hydrogens (primary N) is 1. The molecule has 0 heterocycles. The average Bonchev–Trinajstić information content (AvgIpc) is 2.31. The zero-order chi connectivity index (χ0) is 15.4. The molecule has 1 aliphatic rings. The van der Waals surface area contributed by atoms with Gasteiger partial charge in [0.2, 0.25) is 5.91 Å². The van der Waals surface area contributed by atoms with Crippen molar-refractivity contribution >= 4 is 11.7 Å². The van der Waals surface area contributed by atoms with Crippen LogP contribution in [0.25, 0.3) is 0 Å². The highest BCUT2D eigenvalue weighted by atomic mass is 19.4. The molecular formula is C11H18F3N3O3. The zero-order valence-electron chi connectivity index (χ0n) is 11.0. The summed E-state index contributed by atoms with van der Waals surface area (Å²) in [7, 11) is 0. The molecular weight excluding hydrogens is 279 g/mol. The lowest BCUT2D eigenvalue weighted by Gasteiger charge is -2.43. The van der Waals surface area contributed by atoms with Gasteiger partial charge in [-0.05, 0) is 18.8 Å². The lowest BCUT2D eigenvalue weighted by atomic mass is 9.61. The summed E-state index contributed by atoms with van der Waals surface area (Å²) >= 11 is 0. The number of amides is 1. The van der Waals surface area contributed by atoms with Gasteiger partial charge < -0.3 is 21.0 Å². The van der Waals surface area contributed by atoms with Crippen LogP contribution >= 0.6 is 0 Å². The van der Waals surface area contributed by atoms with E-state index in [4.69, 9.17) is 10.9 Å². The van der Waals surface area contributed by atoms with Crippen LogP contribution in [0.15, 0.2) is 5.16 Å². The molecule has 1 aliphatic carbocycles. The second kappa shape index (κ2) is 6.29. The van der Waals surface area contributed by atoms with Gasteiger partial charge in [-0.25, -0.2) is 0 Å². The molecule has 0 aromatic heterocycles. The van der Waals surface area contributed by atoms with Crippen LogP contribution in [-0.2, 0) is 9.53 Å². The Kier molecular flexibility index (Phi) is 5.21. The molecule has 9 heteroatoms. The van der Waals surface area contributed by atoms with E-state index in [0.29, 0.717) is 12.8 Å². The zero-order valence-corrected chi connectivity index (χ0v) is 11.0. The molecule has 0 atom stereocenters. The highest BCUT2D eigenvalue weighted by molar-refractivity contribution is 6.07. The van der Waals surface area contributed by atoms with Crippen LogP contribution in [0.1, 0.15) is 19.8 Å². The van der Waals surface area contributed by atoms with E-state index in [1.165, 1.54) is 0 Å². The maximum absolute atomic E-state index is 12.0. The largest absolute Gasteiger partial charge is 0.411 e. The minimum Gasteiger partial charge on any atom is -0.409 e. The predicted octanol–water partition coefficient (Wildman–Crippen LogP) is 0.844. The van der Waals surface area contributed by atoms with Crippen molar-refractivity contribution in [3.8, 4) is 0 Å². The number of hydrogen-bond donors (Lipinski definition) is 3. The van der Waals surface area contributed by atoms with Crippen LogP contribution in [0, 0.1) is 11.3 Å². The smallest absolute Gasteiger partial charge is 0.409 e. The fraction of sp³-hybridized carbons (Fsp3) is 0.818. The van der Waals surface area contributed by atoms with Gasteiger partial charge in [0.05, 0.1) is 6.61 Å². The Labute approximate surface area is 114 Å². The summed E-state index contributed by atoms with van der Waals surface area (Å²) in [6.45, 7) is 0.241. The molecule has 0 saturated heterocycles. The standard InChI is InChI=1S/C11H18F3N3O3/c1-7-4-10(5-7,8(15)17-19)9(18)16-2-3-20-6-11(12,13)14/h7,19H,2-6H2,1H3,(H2,15,17)(H,16,18). The number of nitrogens with one attached hydrogen (secondary N) is 1. The van der Waals surface area contributed by atoms with E-state index in [0.717, 1.165) is 0 Å². The van der Waals surface area contributed by atoms with E-state index >= 15 is 0 Å². The highest BCUT2D eigenvalue weighted by Crippen LogP contribution is 2.45. The van der Waals surface area contributed by atoms with Crippen molar-refractivity contribution < 1.29 is 27.9 Å². The third kappa shape index (κ3) is 3.99. The molecule has 6 nitrogen and oxygen atoms in total. The Balaban J connectivity index is 2.38. The van der Waals surface area contributed by atoms with Crippen molar-refractivity contribution in [2.24, 2.45) is 22.2 Å². The fourth-order valence-corrected chi connectivity index (χ4v) is 2.33. The lowest BCUT2D eigenvalue weighted by molar-refractivity contribution is -0.173. The van der Waals surface area contributed by atoms with E-state index in [-0.39, 0.29) is 24.9 Å². The van der Waals surface area contributed by atoms with Crippen LogP contribution in [0.2, 0.25) is 0 Å². The Morgan fingerprint density at radius 3 is 2.60 bits per heavy atom. The van der Waals surface area contributed by atoms with Crippen molar-refractivity contribution in [1.29, 1.82) is 0 Å². The average molecular weight is 297 g/mol. The molecule has 20 heavy (non-hydrogen) atoms. The van der Waals surface area contributed by atoms with Crippen LogP contribution in [0.4, 0.5) is 13.2 Å². The number of carbonyl (C=O) groups excluding carboxylic acids is 1. The minimum absolute atomic E-state index is 0.0657. The van der Waals surface area contributed by atoms with Gasteiger partial charge in [-0.1, -0.05) is 12.1 Å². The first kappa shape index (κ1) is 16.5. The van der Waals surface area contributed by atoms with Gasteiger partial charge in [-0.2, -0.15) is 13.2 Å². The van der Waals surface area contributed by atoms with E-state index in [2.05, 4.69) is 15.2 Å². The first-order valence-corrected chi connectivity index (χ1v) is 6.12. The molecule has 0 aromatic rings. The second-order valence-electron chi connectivity index (χ2n) is 5.00. The quantitative estimate of drug-likeness (QED) is 0.222. The van der Waals surface area contributed by atoms with Gasteiger partial charge in [0.15, 0.2) is 5.84 Å². The maximum atomic E-state index is 12.0. The van der Waals surface area contributed by atoms with Crippen LogP contribution in [0.3, 0.4) is 0 Å². The number of alkyl halides is 3. The van der Waals surface area contributed by atoms with Gasteiger partial charge in [-0.3, -0.25) is 4.79 Å². The number of amidine groups is 1. The highest BCUT2D eigenvalue weighted by Gasteiger charge is 2.52. The minimum atomic E-state index is -4.39. The third-order valence-electron chi connectivity index (χ3n) is 3.22. The van der Waals surface area contributed by atoms with Gasteiger partial charge in [-0.15, -0.1) is 0 Å². The first-order valence-electron chi connectivity index (χ1n) is 6.12. The number of ether oxygens (including phenoxy) is 1. The Morgan fingerprint density at radius 1 is 1.55 bits per heavy atom. The maximum Gasteiger partial charge on any atom is 0.411 e. The van der Waals surface area contributed by atoms with E-state index in [1.54, 1.807) is 0 Å². The number of nitrogens with zero attached hydrogens (tertiary/aromatic N) is 1. The first-order chi connectivity index (χ1) is 9.21. The normalized spacial score (nSPS) is 27.0. The summed E-state index contributed by atoms with van der Waals surface area (Å²) in [5.41, 5.74) is 4.47. The van der Waals surface area contributed by atoms with Crippen molar-refractivity contribution in [1.82, 2.24) is 5.32 Å². The molecule has 4 N–H and O–H groups in total. The molecule has 1 saturated carbocycles. The molecule has 0 radical (unpaired) electrons. The van der Waals surface area contributed by atoms with Gasteiger partial charge in [0.25, 0.3) is 0 Å². The molecule has 1 fully saturated rings. The summed E-state index contributed by atoms with van der Waals surface area (Å²) in [5.74, 6) is -0.367. The summed E-state index contributed by atoms with van der Waals surface area (Å²) in [6.07, 6.45) is -3.50. The number of oxime groups is 1. The summed E-state index contributed by atoms with van der Waals surface area (Å²) < 4.78 is 39.8. The second-order valence-corrected chi connectivity index (χ2v) is 5.00. The van der Waals surface area contributed by atoms with Crippen molar-refractivity contribution in [3.63, 3.8) is 0 Å². The number of carbonyl (C=O) groups is 1. The molecule has 0 aliphatic heterocycles. The van der Waals surface area contributed by atoms with Crippen molar-refractivity contribution in [3.05, 3.63) is 0 Å². The van der Waals surface area contributed by atoms with Crippen molar-refractivity contribution in [2.45, 2.75) is 25.9 Å². The molecule has 0 aromatic carbocycles. The summed E-state index contributed by atoms with van der Waals surface area (Å²) in [5, 5.41) is 14.0. The summed E-state index contributed by atoms with van der Waals surface area (Å²) in [4.78, 5) is 12.0. The molecule has 0 unspecified atom stereocenters. The SMILES string of the molecule is CC1CC(C(=O)NCCOCC(F)(F)F)(C(N)=NO)C1. The Morgan fingerprint density at radius 2 is 2.15 bits per heavy atom. The molecule has 1 rings (SSSR count). The number of rotatable bonds is 6. The van der Waals surface area contributed by atoms with Crippen LogP contribution in [0.5, 0.6) is 0 Å². The Bertz CT molecular complexity index is 379. The number of hydrogen-bond acceptors (Lipinski definition) is 4. The number of halogens is 3. The molecule has 116 valence electrons. The fourth-order valence-electron chi connectivity index (χ4n) is 2.33. The van der Waals surface area contributed by atoms with Gasteiger partial charge in [0.1, 0.15) is 12.0 Å². The lowest BCUT2D eigenvalue weighted by Crippen LogP contribution is -2.57. The monoisotopic (exact) mass is 297 g/mol. The van der Waals surface area contributed by atoms with Gasteiger partial charge in [0, 0.05) is 6.54 Å². The molecule has 1 amide bonds. The van der Waals surface area contributed by atoms with Gasteiger partial charge >= 0.3 is 6.18 Å². The van der Waals surface area contributed by atoms with E-state index < -0.39 is 24.1 Å². The van der Waals surface area contributed by atoms with E-state index in [9.17, 15) is 18.0 Å². The Hall–Kier alpha value is -1.51. The van der Waals surface area contributed by atoms with Crippen LogP contribution < -0.4 is 11.1 Å². The molecule has 0 spiro atoms. The van der Waals surface area contributed by atoms with Crippen molar-refractivity contribution in [2.75, 3.05) is 19.8 Å². The third-order valence-corrected chi connectivity index (χ3v) is 3.22. The summed E-state index contributed by atoms with van der Waals surface area (Å²) in [6, 6.07) is 0. The topological polar surface area (TPSA) is 96.9 Å². The predicted molar refractivity (Wildman–Crippen MR) is 64.1 cm³/mol. The van der Waals surface area contributed by atoms with E-state index in [1.807, 2.05) is 6.92 Å². The molecule has 0 bridgehead atoms.